The van der Waals surface area contributed by atoms with Crippen molar-refractivity contribution in [2.45, 2.75) is 24.7 Å². The highest BCUT2D eigenvalue weighted by Crippen LogP contribution is 2.22. The van der Waals surface area contributed by atoms with Crippen LogP contribution in [0.3, 0.4) is 0 Å². The van der Waals surface area contributed by atoms with Crippen molar-refractivity contribution >= 4 is 33.2 Å². The Balaban J connectivity index is 1.45. The predicted molar refractivity (Wildman–Crippen MR) is 117 cm³/mol. The molecule has 2 aliphatic heterocycles. The van der Waals surface area contributed by atoms with Crippen molar-refractivity contribution in [3.63, 3.8) is 0 Å². The van der Waals surface area contributed by atoms with Crippen molar-refractivity contribution in [2.24, 2.45) is 5.10 Å². The summed E-state index contributed by atoms with van der Waals surface area (Å²) < 4.78 is 27.0. The highest BCUT2D eigenvalue weighted by atomic mass is 32.2. The van der Waals surface area contributed by atoms with Gasteiger partial charge in [-0.1, -0.05) is 35.9 Å². The SMILES string of the molecule is Cc1ccc(N2N=C(C(=O)N3CCN(S(=O)(=O)c4ccccc4)CC3)CCC2=O)cc1. The van der Waals surface area contributed by atoms with Crippen molar-refractivity contribution in [3.8, 4) is 0 Å². The third-order valence-electron chi connectivity index (χ3n) is 5.46. The molecule has 2 heterocycles. The quantitative estimate of drug-likeness (QED) is 0.727. The predicted octanol–water partition coefficient (Wildman–Crippen LogP) is 2.01. The van der Waals surface area contributed by atoms with E-state index in [0.29, 0.717) is 11.4 Å². The van der Waals surface area contributed by atoms with Crippen molar-refractivity contribution in [1.29, 1.82) is 0 Å². The maximum atomic E-state index is 13.0. The van der Waals surface area contributed by atoms with Gasteiger partial charge in [0.1, 0.15) is 5.71 Å². The van der Waals surface area contributed by atoms with Gasteiger partial charge in [0, 0.05) is 39.0 Å². The fourth-order valence-electron chi connectivity index (χ4n) is 3.65. The van der Waals surface area contributed by atoms with E-state index in [1.165, 1.54) is 9.31 Å². The summed E-state index contributed by atoms with van der Waals surface area (Å²) in [4.78, 5) is 27.2. The fraction of sp³-hybridized carbons (Fsp3) is 0.318. The van der Waals surface area contributed by atoms with Gasteiger partial charge in [-0.25, -0.2) is 13.4 Å². The Kier molecular flexibility index (Phi) is 5.88. The molecule has 0 aromatic heterocycles. The monoisotopic (exact) mass is 440 g/mol. The second kappa shape index (κ2) is 8.60. The summed E-state index contributed by atoms with van der Waals surface area (Å²) in [5.74, 6) is -0.402. The van der Waals surface area contributed by atoms with E-state index in [2.05, 4.69) is 5.10 Å². The average Bonchev–Trinajstić information content (AvgIpc) is 2.80. The molecule has 9 heteroatoms. The maximum Gasteiger partial charge on any atom is 0.270 e. The standard InChI is InChI=1S/C22H24N4O4S/c1-17-7-9-18(10-8-17)26-21(27)12-11-20(23-26)22(28)24-13-15-25(16-14-24)31(29,30)19-5-3-2-4-6-19/h2-10H,11-16H2,1H3. The number of benzene rings is 2. The van der Waals surface area contributed by atoms with Gasteiger partial charge in [-0.05, 0) is 31.2 Å². The molecule has 8 nitrogen and oxygen atoms in total. The van der Waals surface area contributed by atoms with E-state index in [-0.39, 0.29) is 55.7 Å². The third-order valence-corrected chi connectivity index (χ3v) is 7.38. The van der Waals surface area contributed by atoms with Crippen LogP contribution in [-0.2, 0) is 19.6 Å². The second-order valence-corrected chi connectivity index (χ2v) is 9.54. The summed E-state index contributed by atoms with van der Waals surface area (Å²) in [5.41, 5.74) is 2.01. The molecular formula is C22H24N4O4S. The zero-order chi connectivity index (χ0) is 22.0. The molecule has 2 amide bonds. The molecule has 0 N–H and O–H groups in total. The van der Waals surface area contributed by atoms with Crippen LogP contribution < -0.4 is 5.01 Å². The molecule has 162 valence electrons. The molecule has 31 heavy (non-hydrogen) atoms. The first-order valence-corrected chi connectivity index (χ1v) is 11.6. The minimum Gasteiger partial charge on any atom is -0.335 e. The van der Waals surface area contributed by atoms with Gasteiger partial charge in [0.25, 0.3) is 5.91 Å². The van der Waals surface area contributed by atoms with Gasteiger partial charge in [-0.15, -0.1) is 0 Å². The van der Waals surface area contributed by atoms with E-state index < -0.39 is 10.0 Å². The highest BCUT2D eigenvalue weighted by molar-refractivity contribution is 7.89. The Labute approximate surface area is 181 Å². The van der Waals surface area contributed by atoms with Crippen LogP contribution in [0.25, 0.3) is 0 Å². The number of piperazine rings is 1. The second-order valence-electron chi connectivity index (χ2n) is 7.60. The zero-order valence-electron chi connectivity index (χ0n) is 17.3. The maximum absolute atomic E-state index is 13.0. The molecule has 0 unspecified atom stereocenters. The Morgan fingerprint density at radius 3 is 2.19 bits per heavy atom. The molecule has 1 saturated heterocycles. The third kappa shape index (κ3) is 4.38. The lowest BCUT2D eigenvalue weighted by Crippen LogP contribution is -2.52. The molecule has 0 spiro atoms. The Morgan fingerprint density at radius 2 is 1.55 bits per heavy atom. The average molecular weight is 441 g/mol. The van der Waals surface area contributed by atoms with E-state index >= 15 is 0 Å². The van der Waals surface area contributed by atoms with Crippen LogP contribution in [0, 0.1) is 6.92 Å². The fourth-order valence-corrected chi connectivity index (χ4v) is 5.09. The lowest BCUT2D eigenvalue weighted by Gasteiger charge is -2.35. The molecule has 0 aliphatic carbocycles. The Morgan fingerprint density at radius 1 is 0.903 bits per heavy atom. The van der Waals surface area contributed by atoms with Crippen LogP contribution in [0.4, 0.5) is 5.69 Å². The van der Waals surface area contributed by atoms with Crippen LogP contribution in [-0.4, -0.2) is 61.3 Å². The van der Waals surface area contributed by atoms with Crippen molar-refractivity contribution < 1.29 is 18.0 Å². The van der Waals surface area contributed by atoms with Crippen LogP contribution >= 0.6 is 0 Å². The Hall–Kier alpha value is -3.04. The summed E-state index contributed by atoms with van der Waals surface area (Å²) in [6.45, 7) is 2.95. The molecule has 1 fully saturated rings. The molecular weight excluding hydrogens is 416 g/mol. The number of carbonyl (C=O) groups excluding carboxylic acids is 2. The highest BCUT2D eigenvalue weighted by Gasteiger charge is 2.33. The number of carbonyl (C=O) groups is 2. The smallest absolute Gasteiger partial charge is 0.270 e. The summed E-state index contributed by atoms with van der Waals surface area (Å²) in [6, 6.07) is 15.7. The molecule has 4 rings (SSSR count). The van der Waals surface area contributed by atoms with Gasteiger partial charge in [0.15, 0.2) is 0 Å². The molecule has 2 aromatic carbocycles. The minimum atomic E-state index is -3.58. The minimum absolute atomic E-state index is 0.154. The van der Waals surface area contributed by atoms with Gasteiger partial charge in [-0.3, -0.25) is 9.59 Å². The summed E-state index contributed by atoms with van der Waals surface area (Å²) >= 11 is 0. The van der Waals surface area contributed by atoms with Crippen LogP contribution in [0.5, 0.6) is 0 Å². The molecule has 2 aromatic rings. The summed E-state index contributed by atoms with van der Waals surface area (Å²) in [6.07, 6.45) is 0.489. The van der Waals surface area contributed by atoms with Crippen molar-refractivity contribution in [1.82, 2.24) is 9.21 Å². The molecule has 0 saturated carbocycles. The van der Waals surface area contributed by atoms with E-state index in [9.17, 15) is 18.0 Å². The van der Waals surface area contributed by atoms with Gasteiger partial charge in [-0.2, -0.15) is 9.41 Å². The van der Waals surface area contributed by atoms with Crippen molar-refractivity contribution in [2.75, 3.05) is 31.2 Å². The number of nitrogens with zero attached hydrogens (tertiary/aromatic N) is 4. The van der Waals surface area contributed by atoms with Crippen molar-refractivity contribution in [3.05, 3.63) is 60.2 Å². The number of sulfonamides is 1. The molecule has 0 atom stereocenters. The lowest BCUT2D eigenvalue weighted by atomic mass is 10.1. The summed E-state index contributed by atoms with van der Waals surface area (Å²) in [7, 11) is -3.58. The van der Waals surface area contributed by atoms with E-state index in [1.807, 2.05) is 19.1 Å². The number of hydrogen-bond acceptors (Lipinski definition) is 5. The first kappa shape index (κ1) is 21.2. The lowest BCUT2D eigenvalue weighted by molar-refractivity contribution is -0.125. The number of rotatable bonds is 4. The molecule has 2 aliphatic rings. The van der Waals surface area contributed by atoms with Crippen LogP contribution in [0.1, 0.15) is 18.4 Å². The normalized spacial score (nSPS) is 18.1. The molecule has 0 radical (unpaired) electrons. The van der Waals surface area contributed by atoms with Gasteiger partial charge in [0.2, 0.25) is 15.9 Å². The van der Waals surface area contributed by atoms with Crippen LogP contribution in [0.2, 0.25) is 0 Å². The number of hydrogen-bond donors (Lipinski definition) is 0. The summed E-state index contributed by atoms with van der Waals surface area (Å²) in [5, 5.41) is 5.61. The van der Waals surface area contributed by atoms with E-state index in [4.69, 9.17) is 0 Å². The number of anilines is 1. The number of aryl methyl sites for hydroxylation is 1. The topological polar surface area (TPSA) is 90.4 Å². The van der Waals surface area contributed by atoms with Crippen LogP contribution in [0.15, 0.2) is 64.6 Å². The Bertz CT molecular complexity index is 1110. The first-order valence-electron chi connectivity index (χ1n) is 10.2. The zero-order valence-corrected chi connectivity index (χ0v) is 18.1. The molecule has 0 bridgehead atoms. The van der Waals surface area contributed by atoms with Gasteiger partial charge < -0.3 is 4.90 Å². The first-order chi connectivity index (χ1) is 14.9. The van der Waals surface area contributed by atoms with E-state index in [1.54, 1.807) is 47.4 Å². The largest absolute Gasteiger partial charge is 0.335 e. The van der Waals surface area contributed by atoms with Gasteiger partial charge >= 0.3 is 0 Å². The number of hydrazone groups is 1. The number of amides is 2. The van der Waals surface area contributed by atoms with Gasteiger partial charge in [0.05, 0.1) is 10.6 Å². The van der Waals surface area contributed by atoms with E-state index in [0.717, 1.165) is 5.56 Å².